The van der Waals surface area contributed by atoms with Gasteiger partial charge in [-0.25, -0.2) is 4.39 Å². The third kappa shape index (κ3) is 1.67. The first-order valence-corrected chi connectivity index (χ1v) is 3.26. The zero-order valence-corrected chi connectivity index (χ0v) is 5.72. The fraction of sp³-hybridized carbons (Fsp3) is 0.833. The van der Waals surface area contributed by atoms with E-state index >= 15 is 0 Å². The molecule has 0 spiro atoms. The number of hydrogen-bond acceptors (Lipinski definition) is 4. The molecule has 4 nitrogen and oxygen atoms in total. The molecule has 0 aromatic carbocycles. The van der Waals surface area contributed by atoms with Gasteiger partial charge in [-0.05, 0) is 0 Å². The molecule has 0 aromatic rings. The van der Waals surface area contributed by atoms with Gasteiger partial charge < -0.3 is 20.1 Å². The van der Waals surface area contributed by atoms with Crippen LogP contribution in [-0.2, 0) is 4.74 Å². The highest BCUT2D eigenvalue weighted by Gasteiger charge is 2.38. The molecule has 1 aliphatic rings. The van der Waals surface area contributed by atoms with Crippen molar-refractivity contribution in [1.82, 2.24) is 0 Å². The van der Waals surface area contributed by atoms with E-state index in [1.54, 1.807) is 0 Å². The van der Waals surface area contributed by atoms with E-state index in [0.29, 0.717) is 0 Å². The Bertz CT molecular complexity index is 130. The molecule has 1 aliphatic heterocycles. The predicted molar refractivity (Wildman–Crippen MR) is 33.2 cm³/mol. The van der Waals surface area contributed by atoms with Gasteiger partial charge in [-0.3, -0.25) is 0 Å². The van der Waals surface area contributed by atoms with Gasteiger partial charge in [-0.15, -0.1) is 0 Å². The third-order valence-corrected chi connectivity index (χ3v) is 1.62. The lowest BCUT2D eigenvalue weighted by molar-refractivity contribution is -0.153. The molecule has 0 saturated carbocycles. The smallest absolute Gasteiger partial charge is 0.157 e. The van der Waals surface area contributed by atoms with Crippen LogP contribution in [0.3, 0.4) is 0 Å². The lowest BCUT2D eigenvalue weighted by Crippen LogP contribution is -2.50. The number of alkyl halides is 1. The number of rotatable bonds is 1. The van der Waals surface area contributed by atoms with Crippen LogP contribution in [-0.4, -0.2) is 46.4 Å². The van der Waals surface area contributed by atoms with Gasteiger partial charge >= 0.3 is 0 Å². The van der Waals surface area contributed by atoms with Crippen LogP contribution < -0.4 is 0 Å². The van der Waals surface area contributed by atoms with Crippen molar-refractivity contribution in [2.75, 3.05) is 6.61 Å². The Balaban J connectivity index is 2.52. The van der Waals surface area contributed by atoms with Crippen molar-refractivity contribution >= 4 is 0 Å². The zero-order chi connectivity index (χ0) is 8.43. The number of aliphatic hydroxyl groups excluding tert-OH is 3. The SMILES string of the molecule is OC[C@H]1O[CH][C@H](F)[C@@H](O)[C@H]1O. The Morgan fingerprint density at radius 3 is 2.55 bits per heavy atom. The number of aliphatic hydroxyl groups is 3. The molecule has 1 radical (unpaired) electrons. The normalized spacial score (nSPS) is 45.8. The maximum atomic E-state index is 12.5. The van der Waals surface area contributed by atoms with Crippen LogP contribution in [0, 0.1) is 6.61 Å². The lowest BCUT2D eigenvalue weighted by atomic mass is 10.0. The van der Waals surface area contributed by atoms with E-state index in [9.17, 15) is 4.39 Å². The molecule has 1 fully saturated rings. The van der Waals surface area contributed by atoms with Crippen LogP contribution in [0.1, 0.15) is 0 Å². The molecule has 0 unspecified atom stereocenters. The van der Waals surface area contributed by atoms with Gasteiger partial charge in [0, 0.05) is 0 Å². The molecular weight excluding hydrogens is 155 g/mol. The quantitative estimate of drug-likeness (QED) is 0.447. The first kappa shape index (κ1) is 8.86. The van der Waals surface area contributed by atoms with E-state index in [4.69, 9.17) is 15.3 Å². The van der Waals surface area contributed by atoms with Gasteiger partial charge in [-0.1, -0.05) is 0 Å². The van der Waals surface area contributed by atoms with Crippen molar-refractivity contribution in [3.8, 4) is 0 Å². The van der Waals surface area contributed by atoms with E-state index in [2.05, 4.69) is 4.74 Å². The number of hydrogen-bond donors (Lipinski definition) is 3. The second-order valence-corrected chi connectivity index (χ2v) is 2.42. The predicted octanol–water partition coefficient (Wildman–Crippen LogP) is -1.40. The molecule has 0 aromatic heterocycles. The Kier molecular flexibility index (Phi) is 2.78. The number of ether oxygens (including phenoxy) is 1. The number of halogens is 1. The fourth-order valence-corrected chi connectivity index (χ4v) is 0.896. The molecule has 1 saturated heterocycles. The summed E-state index contributed by atoms with van der Waals surface area (Å²) in [5, 5.41) is 26.4. The zero-order valence-electron chi connectivity index (χ0n) is 5.72. The molecule has 1 rings (SSSR count). The molecular formula is C6H10FO4. The van der Waals surface area contributed by atoms with Gasteiger partial charge in [0.1, 0.15) is 24.9 Å². The summed E-state index contributed by atoms with van der Waals surface area (Å²) < 4.78 is 17.0. The summed E-state index contributed by atoms with van der Waals surface area (Å²) in [5.41, 5.74) is 0. The van der Waals surface area contributed by atoms with Gasteiger partial charge in [0.15, 0.2) is 6.17 Å². The van der Waals surface area contributed by atoms with Crippen molar-refractivity contribution in [2.45, 2.75) is 24.5 Å². The van der Waals surface area contributed by atoms with Gasteiger partial charge in [-0.2, -0.15) is 0 Å². The molecule has 65 valence electrons. The molecule has 1 heterocycles. The van der Waals surface area contributed by atoms with Crippen LogP contribution in [0.4, 0.5) is 4.39 Å². The van der Waals surface area contributed by atoms with Gasteiger partial charge in [0.2, 0.25) is 0 Å². The summed E-state index contributed by atoms with van der Waals surface area (Å²) in [5.74, 6) is 0. The minimum atomic E-state index is -1.69. The maximum Gasteiger partial charge on any atom is 0.157 e. The van der Waals surface area contributed by atoms with E-state index in [-0.39, 0.29) is 0 Å². The highest BCUT2D eigenvalue weighted by molar-refractivity contribution is 4.91. The van der Waals surface area contributed by atoms with Crippen molar-refractivity contribution in [3.63, 3.8) is 0 Å². The summed E-state index contributed by atoms with van der Waals surface area (Å²) in [7, 11) is 0. The van der Waals surface area contributed by atoms with Crippen molar-refractivity contribution in [2.24, 2.45) is 0 Å². The second-order valence-electron chi connectivity index (χ2n) is 2.42. The van der Waals surface area contributed by atoms with Crippen LogP contribution in [0.25, 0.3) is 0 Å². The Morgan fingerprint density at radius 1 is 1.36 bits per heavy atom. The highest BCUT2D eigenvalue weighted by Crippen LogP contribution is 2.19. The maximum absolute atomic E-state index is 12.5. The molecule has 5 heteroatoms. The second kappa shape index (κ2) is 3.44. The summed E-state index contributed by atoms with van der Waals surface area (Å²) in [6.07, 6.45) is -5.47. The minimum Gasteiger partial charge on any atom is -0.394 e. The summed E-state index contributed by atoms with van der Waals surface area (Å²) in [6, 6.07) is 0. The molecule has 0 aliphatic carbocycles. The fourth-order valence-electron chi connectivity index (χ4n) is 0.896. The van der Waals surface area contributed by atoms with E-state index in [1.807, 2.05) is 0 Å². The third-order valence-electron chi connectivity index (χ3n) is 1.62. The molecule has 4 atom stereocenters. The average molecular weight is 165 g/mol. The van der Waals surface area contributed by atoms with Crippen molar-refractivity contribution in [3.05, 3.63) is 6.61 Å². The summed E-state index contributed by atoms with van der Waals surface area (Å²) in [6.45, 7) is 0.333. The van der Waals surface area contributed by atoms with E-state index < -0.39 is 31.1 Å². The molecule has 3 N–H and O–H groups in total. The molecule has 0 amide bonds. The summed E-state index contributed by atoms with van der Waals surface area (Å²) >= 11 is 0. The standard InChI is InChI=1S/C6H10FO4/c7-3-2-11-4(1-8)6(10)5(3)9/h2-6,8-10H,1H2/t3-,4+,5+,6-/m0/s1. The van der Waals surface area contributed by atoms with Crippen LogP contribution >= 0.6 is 0 Å². The molecule has 0 bridgehead atoms. The van der Waals surface area contributed by atoms with Crippen molar-refractivity contribution in [1.29, 1.82) is 0 Å². The van der Waals surface area contributed by atoms with Crippen LogP contribution in [0.5, 0.6) is 0 Å². The first-order chi connectivity index (χ1) is 5.16. The minimum absolute atomic E-state index is 0.443. The monoisotopic (exact) mass is 165 g/mol. The largest absolute Gasteiger partial charge is 0.394 e. The van der Waals surface area contributed by atoms with E-state index in [0.717, 1.165) is 6.61 Å². The first-order valence-electron chi connectivity index (χ1n) is 3.26. The topological polar surface area (TPSA) is 69.9 Å². The van der Waals surface area contributed by atoms with Gasteiger partial charge in [0.05, 0.1) is 6.61 Å². The Morgan fingerprint density at radius 2 is 2.00 bits per heavy atom. The van der Waals surface area contributed by atoms with E-state index in [1.165, 1.54) is 0 Å². The summed E-state index contributed by atoms with van der Waals surface area (Å²) in [4.78, 5) is 0. The lowest BCUT2D eigenvalue weighted by Gasteiger charge is -2.32. The molecule has 11 heavy (non-hydrogen) atoms. The Labute approximate surface area is 63.2 Å². The van der Waals surface area contributed by atoms with Gasteiger partial charge in [0.25, 0.3) is 0 Å². The Hall–Kier alpha value is -0.230. The van der Waals surface area contributed by atoms with Crippen molar-refractivity contribution < 1.29 is 24.4 Å². The van der Waals surface area contributed by atoms with Crippen LogP contribution in [0.15, 0.2) is 0 Å². The average Bonchev–Trinajstić information content (AvgIpc) is 2.01. The van der Waals surface area contributed by atoms with Crippen LogP contribution in [0.2, 0.25) is 0 Å². The highest BCUT2D eigenvalue weighted by atomic mass is 19.1.